The second kappa shape index (κ2) is 6.07. The van der Waals surface area contributed by atoms with Crippen molar-refractivity contribution in [2.45, 2.75) is 19.5 Å². The normalized spacial score (nSPS) is 16.9. The number of nitrogens with zero attached hydrogens (tertiary/aromatic N) is 2. The van der Waals surface area contributed by atoms with Crippen LogP contribution in [0.3, 0.4) is 0 Å². The first kappa shape index (κ1) is 15.0. The molecule has 3 rings (SSSR count). The first-order chi connectivity index (χ1) is 11.1. The van der Waals surface area contributed by atoms with Gasteiger partial charge in [0.1, 0.15) is 11.9 Å². The fraction of sp³-hybridized carbons (Fsp3) is 0.333. The van der Waals surface area contributed by atoms with Crippen molar-refractivity contribution in [3.63, 3.8) is 0 Å². The van der Waals surface area contributed by atoms with Crippen molar-refractivity contribution in [2.75, 3.05) is 13.1 Å². The van der Waals surface area contributed by atoms with Crippen LogP contribution in [0, 0.1) is 0 Å². The van der Waals surface area contributed by atoms with Crippen molar-refractivity contribution in [2.24, 2.45) is 0 Å². The van der Waals surface area contributed by atoms with Gasteiger partial charge in [-0.25, -0.2) is 9.78 Å². The fourth-order valence-electron chi connectivity index (χ4n) is 2.56. The number of para-hydroxylation sites is 1. The molecule has 1 aromatic carbocycles. The maximum absolute atomic E-state index is 12.4. The van der Waals surface area contributed by atoms with E-state index < -0.39 is 6.04 Å². The summed E-state index contributed by atoms with van der Waals surface area (Å²) in [4.78, 5) is 44.3. The molecule has 1 aromatic heterocycles. The van der Waals surface area contributed by atoms with Crippen molar-refractivity contribution < 1.29 is 9.59 Å². The lowest BCUT2D eigenvalue weighted by Gasteiger charge is -2.23. The number of aromatic nitrogens is 2. The van der Waals surface area contributed by atoms with Crippen LogP contribution in [0.1, 0.15) is 12.7 Å². The van der Waals surface area contributed by atoms with Gasteiger partial charge in [0.05, 0.1) is 17.4 Å². The molecule has 8 nitrogen and oxygen atoms in total. The van der Waals surface area contributed by atoms with E-state index in [0.29, 0.717) is 23.3 Å². The average Bonchev–Trinajstić information content (AvgIpc) is 2.98. The molecular weight excluding hydrogens is 298 g/mol. The third kappa shape index (κ3) is 3.01. The third-order valence-corrected chi connectivity index (χ3v) is 3.77. The summed E-state index contributed by atoms with van der Waals surface area (Å²) in [5.41, 5.74) is 0.357. The predicted octanol–water partition coefficient (Wildman–Crippen LogP) is -0.0470. The minimum Gasteiger partial charge on any atom is -0.336 e. The number of fused-ring (bicyclic) bond motifs is 1. The van der Waals surface area contributed by atoms with Crippen molar-refractivity contribution in [1.82, 2.24) is 25.5 Å². The zero-order valence-corrected chi connectivity index (χ0v) is 12.6. The number of rotatable bonds is 4. The molecule has 0 spiro atoms. The maximum atomic E-state index is 12.4. The molecule has 3 amide bonds. The topological polar surface area (TPSA) is 107 Å². The Hall–Kier alpha value is -2.90. The fourth-order valence-corrected chi connectivity index (χ4v) is 2.56. The minimum atomic E-state index is -0.588. The highest BCUT2D eigenvalue weighted by molar-refractivity contribution is 5.90. The number of hydrogen-bond acceptors (Lipinski definition) is 4. The number of hydrogen-bond donors (Lipinski definition) is 3. The number of benzene rings is 1. The van der Waals surface area contributed by atoms with Crippen LogP contribution in [0.25, 0.3) is 10.9 Å². The van der Waals surface area contributed by atoms with E-state index in [2.05, 4.69) is 20.6 Å². The highest BCUT2D eigenvalue weighted by atomic mass is 16.2. The van der Waals surface area contributed by atoms with Crippen LogP contribution in [0.5, 0.6) is 0 Å². The van der Waals surface area contributed by atoms with Gasteiger partial charge in [0.25, 0.3) is 5.56 Å². The lowest BCUT2D eigenvalue weighted by atomic mass is 10.2. The maximum Gasteiger partial charge on any atom is 0.315 e. The van der Waals surface area contributed by atoms with E-state index >= 15 is 0 Å². The summed E-state index contributed by atoms with van der Waals surface area (Å²) in [6, 6.07) is 6.10. The molecule has 120 valence electrons. The van der Waals surface area contributed by atoms with Gasteiger partial charge in [0.2, 0.25) is 5.91 Å². The number of urea groups is 1. The van der Waals surface area contributed by atoms with Gasteiger partial charge < -0.3 is 20.5 Å². The van der Waals surface area contributed by atoms with Crippen LogP contribution >= 0.6 is 0 Å². The van der Waals surface area contributed by atoms with Crippen molar-refractivity contribution in [3.05, 3.63) is 40.4 Å². The van der Waals surface area contributed by atoms with E-state index in [9.17, 15) is 14.4 Å². The Bertz CT molecular complexity index is 816. The van der Waals surface area contributed by atoms with Crippen LogP contribution in [0.4, 0.5) is 4.79 Å². The van der Waals surface area contributed by atoms with Gasteiger partial charge in [0.15, 0.2) is 0 Å². The van der Waals surface area contributed by atoms with Gasteiger partial charge in [-0.2, -0.15) is 0 Å². The molecule has 1 aliphatic heterocycles. The van der Waals surface area contributed by atoms with E-state index in [1.165, 1.54) is 0 Å². The van der Waals surface area contributed by atoms with Crippen LogP contribution in [0.15, 0.2) is 29.1 Å². The monoisotopic (exact) mass is 315 g/mol. The summed E-state index contributed by atoms with van der Waals surface area (Å²) in [6.45, 7) is 2.72. The number of amides is 3. The quantitative estimate of drug-likeness (QED) is 0.735. The van der Waals surface area contributed by atoms with Crippen molar-refractivity contribution >= 4 is 22.8 Å². The van der Waals surface area contributed by atoms with Gasteiger partial charge in [-0.1, -0.05) is 12.1 Å². The Morgan fingerprint density at radius 1 is 1.35 bits per heavy atom. The summed E-state index contributed by atoms with van der Waals surface area (Å²) < 4.78 is 0. The number of aromatic amines is 1. The Labute approximate surface area is 131 Å². The smallest absolute Gasteiger partial charge is 0.315 e. The van der Waals surface area contributed by atoms with Crippen LogP contribution < -0.4 is 16.2 Å². The second-order valence-corrected chi connectivity index (χ2v) is 5.29. The van der Waals surface area contributed by atoms with Gasteiger partial charge in [0, 0.05) is 13.1 Å². The Morgan fingerprint density at radius 2 is 2.13 bits per heavy atom. The number of nitrogens with one attached hydrogen (secondary N) is 3. The number of likely N-dealkylation sites (N-methyl/N-ethyl adjacent to an activating group) is 1. The third-order valence-electron chi connectivity index (χ3n) is 3.77. The number of carbonyl (C=O) groups is 2. The Kier molecular flexibility index (Phi) is 3.96. The predicted molar refractivity (Wildman–Crippen MR) is 83.8 cm³/mol. The Balaban J connectivity index is 1.83. The molecule has 8 heteroatoms. The first-order valence-electron chi connectivity index (χ1n) is 7.39. The lowest BCUT2D eigenvalue weighted by molar-refractivity contribution is -0.133. The summed E-state index contributed by atoms with van der Waals surface area (Å²) in [5.74, 6) is 0.211. The zero-order valence-electron chi connectivity index (χ0n) is 12.6. The standard InChI is InChI=1S/C15H17N5O3/c1-2-20(14(22)11-7-16-15(23)18-11)8-12-17-10-6-4-3-5-9(10)13(21)19-12/h3-6,11H,2,7-8H2,1H3,(H2,16,18,23)(H,17,19,21). The molecule has 0 radical (unpaired) electrons. The Morgan fingerprint density at radius 3 is 2.83 bits per heavy atom. The summed E-state index contributed by atoms with van der Waals surface area (Å²) in [5, 5.41) is 5.63. The van der Waals surface area contributed by atoms with Crippen LogP contribution in [-0.4, -0.2) is 45.9 Å². The van der Waals surface area contributed by atoms with Gasteiger partial charge in [-0.3, -0.25) is 9.59 Å². The van der Waals surface area contributed by atoms with Gasteiger partial charge >= 0.3 is 6.03 Å². The van der Waals surface area contributed by atoms with E-state index in [1.807, 2.05) is 6.92 Å². The van der Waals surface area contributed by atoms with E-state index in [-0.39, 0.29) is 30.6 Å². The van der Waals surface area contributed by atoms with E-state index in [4.69, 9.17) is 0 Å². The lowest BCUT2D eigenvalue weighted by Crippen LogP contribution is -2.45. The van der Waals surface area contributed by atoms with Crippen molar-refractivity contribution in [1.29, 1.82) is 0 Å². The molecule has 2 heterocycles. The van der Waals surface area contributed by atoms with E-state index in [1.54, 1.807) is 29.2 Å². The van der Waals surface area contributed by atoms with Gasteiger partial charge in [-0.15, -0.1) is 0 Å². The summed E-state index contributed by atoms with van der Waals surface area (Å²) >= 11 is 0. The second-order valence-electron chi connectivity index (χ2n) is 5.29. The molecule has 1 aliphatic rings. The first-order valence-corrected chi connectivity index (χ1v) is 7.39. The molecule has 23 heavy (non-hydrogen) atoms. The van der Waals surface area contributed by atoms with Crippen LogP contribution in [0.2, 0.25) is 0 Å². The SMILES string of the molecule is CCN(Cc1nc2ccccc2c(=O)[nH]1)C(=O)C1CNC(=O)N1. The van der Waals surface area contributed by atoms with E-state index in [0.717, 1.165) is 0 Å². The van der Waals surface area contributed by atoms with Crippen molar-refractivity contribution in [3.8, 4) is 0 Å². The summed E-state index contributed by atoms with van der Waals surface area (Å²) in [7, 11) is 0. The molecule has 0 bridgehead atoms. The van der Waals surface area contributed by atoms with Crippen LogP contribution in [-0.2, 0) is 11.3 Å². The minimum absolute atomic E-state index is 0.182. The molecule has 3 N–H and O–H groups in total. The molecule has 0 aliphatic carbocycles. The molecule has 2 aromatic rings. The number of carbonyl (C=O) groups excluding carboxylic acids is 2. The van der Waals surface area contributed by atoms with Gasteiger partial charge in [-0.05, 0) is 19.1 Å². The molecular formula is C15H17N5O3. The highest BCUT2D eigenvalue weighted by Crippen LogP contribution is 2.08. The molecule has 1 saturated heterocycles. The molecule has 1 atom stereocenters. The zero-order chi connectivity index (χ0) is 16.4. The highest BCUT2D eigenvalue weighted by Gasteiger charge is 2.30. The number of H-pyrrole nitrogens is 1. The largest absolute Gasteiger partial charge is 0.336 e. The average molecular weight is 315 g/mol. The molecule has 0 saturated carbocycles. The summed E-state index contributed by atoms with van der Waals surface area (Å²) in [6.07, 6.45) is 0. The molecule has 1 fully saturated rings. The molecule has 1 unspecified atom stereocenters.